The van der Waals surface area contributed by atoms with Gasteiger partial charge in [-0.2, -0.15) is 0 Å². The number of piperidine rings is 1. The van der Waals surface area contributed by atoms with Gasteiger partial charge in [0, 0.05) is 30.2 Å². The minimum Gasteiger partial charge on any atom is -0.497 e. The van der Waals surface area contributed by atoms with Gasteiger partial charge in [-0.1, -0.05) is 30.2 Å². The number of aliphatic imine (C=N–C) groups is 1. The van der Waals surface area contributed by atoms with Gasteiger partial charge in [0.1, 0.15) is 23.4 Å². The van der Waals surface area contributed by atoms with Crippen LogP contribution in [0, 0.1) is 0 Å². The molecule has 3 aliphatic heterocycles. The first-order valence-electron chi connectivity index (χ1n) is 15.8. The zero-order valence-corrected chi connectivity index (χ0v) is 25.7. The Bertz CT molecular complexity index is 1320. The van der Waals surface area contributed by atoms with Crippen LogP contribution in [0.2, 0.25) is 5.02 Å². The monoisotopic (exact) mass is 590 g/mol. The number of carbonyl (C=O) groups excluding carboxylic acids is 1. The van der Waals surface area contributed by atoms with Crippen LogP contribution in [0.15, 0.2) is 58.7 Å². The van der Waals surface area contributed by atoms with Crippen LogP contribution >= 0.6 is 11.6 Å². The molecule has 42 heavy (non-hydrogen) atoms. The van der Waals surface area contributed by atoms with E-state index in [0.29, 0.717) is 35.0 Å². The van der Waals surface area contributed by atoms with Crippen molar-refractivity contribution in [1.82, 2.24) is 14.7 Å². The van der Waals surface area contributed by atoms with Gasteiger partial charge in [-0.25, -0.2) is 9.79 Å². The first-order valence-corrected chi connectivity index (χ1v) is 16.1. The number of urea groups is 1. The molecule has 0 radical (unpaired) electrons. The van der Waals surface area contributed by atoms with Crippen molar-refractivity contribution in [2.75, 3.05) is 39.9 Å². The highest BCUT2D eigenvalue weighted by Gasteiger charge is 2.43. The third-order valence-corrected chi connectivity index (χ3v) is 9.56. The summed E-state index contributed by atoms with van der Waals surface area (Å²) in [5, 5.41) is 0.681. The summed E-state index contributed by atoms with van der Waals surface area (Å²) in [5.41, 5.74) is 4.19. The standard InChI is InChI=1S/C34H43ClN4O3/c1-3-42-30-23-28(41-2)15-16-29(30)33-36-31(24-9-5-4-6-10-24)32(25-11-13-26(35)14-12-25)39(33)34(40)38-21-17-27(18-22-38)37-19-7-8-20-37/h11-16,23,27,32H,3-10,17-22H2,1-2H3/t32-/m0/s1. The van der Waals surface area contributed by atoms with Crippen molar-refractivity contribution in [2.45, 2.75) is 76.8 Å². The second-order valence-electron chi connectivity index (χ2n) is 11.8. The van der Waals surface area contributed by atoms with Gasteiger partial charge in [0.05, 0.1) is 25.0 Å². The maximum absolute atomic E-state index is 14.7. The van der Waals surface area contributed by atoms with Crippen molar-refractivity contribution < 1.29 is 14.3 Å². The molecular weight excluding hydrogens is 548 g/mol. The van der Waals surface area contributed by atoms with E-state index in [1.807, 2.05) is 59.2 Å². The smallest absolute Gasteiger partial charge is 0.326 e. The summed E-state index contributed by atoms with van der Waals surface area (Å²) in [6, 6.07) is 14.0. The summed E-state index contributed by atoms with van der Waals surface area (Å²) in [6.07, 6.45) is 10.2. The number of ether oxygens (including phenoxy) is 2. The highest BCUT2D eigenvalue weighted by atomic mass is 35.5. The predicted octanol–water partition coefficient (Wildman–Crippen LogP) is 7.45. The molecule has 2 aromatic rings. The van der Waals surface area contributed by atoms with Gasteiger partial charge >= 0.3 is 6.03 Å². The SMILES string of the molecule is CCOc1cc(OC)ccc1C1=NC(=C2CCCCC2)[C@H](c2ccc(Cl)cc2)N1C(=O)N1CCC(N2CCCC2)CC1. The average Bonchev–Trinajstić information content (AvgIpc) is 3.71. The lowest BCUT2D eigenvalue weighted by Gasteiger charge is -2.39. The minimum atomic E-state index is -0.314. The number of allylic oxidation sites excluding steroid dienone is 1. The van der Waals surface area contributed by atoms with E-state index in [2.05, 4.69) is 4.90 Å². The molecule has 3 heterocycles. The Kier molecular flexibility index (Phi) is 9.06. The van der Waals surface area contributed by atoms with Crippen molar-refractivity contribution in [3.05, 3.63) is 69.9 Å². The van der Waals surface area contributed by atoms with Crippen LogP contribution in [-0.2, 0) is 0 Å². The summed E-state index contributed by atoms with van der Waals surface area (Å²) >= 11 is 6.34. The summed E-state index contributed by atoms with van der Waals surface area (Å²) in [7, 11) is 1.65. The van der Waals surface area contributed by atoms with E-state index in [0.717, 1.165) is 68.4 Å². The molecule has 2 saturated heterocycles. The molecule has 2 amide bonds. The number of benzene rings is 2. The second kappa shape index (κ2) is 13.1. The summed E-state index contributed by atoms with van der Waals surface area (Å²) in [4.78, 5) is 26.7. The third-order valence-electron chi connectivity index (χ3n) is 9.30. The van der Waals surface area contributed by atoms with Crippen LogP contribution in [0.4, 0.5) is 4.79 Å². The Morgan fingerprint density at radius 3 is 2.33 bits per heavy atom. The molecule has 0 unspecified atom stereocenters. The number of rotatable bonds is 6. The molecule has 2 aromatic carbocycles. The lowest BCUT2D eigenvalue weighted by Crippen LogP contribution is -2.51. The molecule has 7 nitrogen and oxygen atoms in total. The first kappa shape index (κ1) is 29.1. The fraction of sp³-hybridized carbons (Fsp3) is 0.529. The number of halogens is 1. The highest BCUT2D eigenvalue weighted by Crippen LogP contribution is 2.44. The maximum atomic E-state index is 14.7. The highest BCUT2D eigenvalue weighted by molar-refractivity contribution is 6.30. The molecule has 6 rings (SSSR count). The van der Waals surface area contributed by atoms with Gasteiger partial charge in [-0.3, -0.25) is 4.90 Å². The van der Waals surface area contributed by atoms with Crippen LogP contribution in [0.1, 0.15) is 81.9 Å². The van der Waals surface area contributed by atoms with E-state index in [4.69, 9.17) is 26.1 Å². The molecule has 0 N–H and O–H groups in total. The molecule has 1 saturated carbocycles. The Morgan fingerprint density at radius 1 is 0.952 bits per heavy atom. The van der Waals surface area contributed by atoms with Crippen LogP contribution in [0.3, 0.4) is 0 Å². The fourth-order valence-corrected chi connectivity index (χ4v) is 7.22. The molecule has 0 aromatic heterocycles. The Labute approximate surface area is 255 Å². The van der Waals surface area contributed by atoms with Crippen molar-refractivity contribution in [2.24, 2.45) is 4.99 Å². The number of amidine groups is 1. The lowest BCUT2D eigenvalue weighted by molar-refractivity contribution is 0.120. The molecule has 4 aliphatic rings. The van der Waals surface area contributed by atoms with Crippen LogP contribution < -0.4 is 9.47 Å². The molecule has 1 aliphatic carbocycles. The third kappa shape index (κ3) is 5.91. The van der Waals surface area contributed by atoms with Gasteiger partial charge in [0.25, 0.3) is 0 Å². The van der Waals surface area contributed by atoms with Gasteiger partial charge in [0.2, 0.25) is 0 Å². The van der Waals surface area contributed by atoms with E-state index in [1.165, 1.54) is 37.9 Å². The van der Waals surface area contributed by atoms with Crippen LogP contribution in [-0.4, -0.2) is 72.5 Å². The normalized spacial score (nSPS) is 22.1. The number of likely N-dealkylation sites (tertiary alicyclic amines) is 2. The minimum absolute atomic E-state index is 0.0123. The molecule has 8 heteroatoms. The molecule has 3 fully saturated rings. The average molecular weight is 591 g/mol. The maximum Gasteiger partial charge on any atom is 0.326 e. The van der Waals surface area contributed by atoms with Crippen molar-refractivity contribution >= 4 is 23.5 Å². The van der Waals surface area contributed by atoms with Gasteiger partial charge in [-0.15, -0.1) is 0 Å². The van der Waals surface area contributed by atoms with Gasteiger partial charge < -0.3 is 19.3 Å². The van der Waals surface area contributed by atoms with Crippen LogP contribution in [0.25, 0.3) is 0 Å². The Morgan fingerprint density at radius 2 is 1.67 bits per heavy atom. The zero-order valence-electron chi connectivity index (χ0n) is 25.0. The van der Waals surface area contributed by atoms with Crippen molar-refractivity contribution in [3.8, 4) is 11.5 Å². The number of carbonyl (C=O) groups is 1. The summed E-state index contributed by atoms with van der Waals surface area (Å²) < 4.78 is 11.6. The number of amides is 2. The van der Waals surface area contributed by atoms with E-state index < -0.39 is 0 Å². The van der Waals surface area contributed by atoms with E-state index in [-0.39, 0.29) is 12.1 Å². The van der Waals surface area contributed by atoms with Gasteiger partial charge in [-0.05, 0) is 107 Å². The van der Waals surface area contributed by atoms with E-state index in [9.17, 15) is 4.79 Å². The number of methoxy groups -OCH3 is 1. The Hall–Kier alpha value is -3.03. The second-order valence-corrected chi connectivity index (χ2v) is 12.3. The summed E-state index contributed by atoms with van der Waals surface area (Å²) in [5.74, 6) is 2.04. The van der Waals surface area contributed by atoms with E-state index in [1.54, 1.807) is 7.11 Å². The molecule has 224 valence electrons. The van der Waals surface area contributed by atoms with Gasteiger partial charge in [0.15, 0.2) is 0 Å². The molecule has 0 bridgehead atoms. The number of hydrogen-bond acceptors (Lipinski definition) is 5. The Balaban J connectivity index is 1.42. The molecule has 0 spiro atoms. The fourth-order valence-electron chi connectivity index (χ4n) is 7.09. The number of nitrogens with zero attached hydrogens (tertiary/aromatic N) is 4. The van der Waals surface area contributed by atoms with E-state index >= 15 is 0 Å². The predicted molar refractivity (Wildman–Crippen MR) is 168 cm³/mol. The topological polar surface area (TPSA) is 57.6 Å². The quantitative estimate of drug-likeness (QED) is 0.351. The molecular formula is C34H43ClN4O3. The van der Waals surface area contributed by atoms with Crippen molar-refractivity contribution in [1.29, 1.82) is 0 Å². The van der Waals surface area contributed by atoms with Crippen molar-refractivity contribution in [3.63, 3.8) is 0 Å². The zero-order chi connectivity index (χ0) is 29.1. The summed E-state index contributed by atoms with van der Waals surface area (Å²) in [6.45, 7) is 6.36. The lowest BCUT2D eigenvalue weighted by atomic mass is 9.89. The first-order chi connectivity index (χ1) is 20.6. The number of hydrogen-bond donors (Lipinski definition) is 0. The largest absolute Gasteiger partial charge is 0.497 e. The molecule has 1 atom stereocenters. The van der Waals surface area contributed by atoms with Crippen LogP contribution in [0.5, 0.6) is 11.5 Å².